The van der Waals surface area contributed by atoms with Crippen LogP contribution in [0.2, 0.25) is 0 Å². The second-order valence-corrected chi connectivity index (χ2v) is 9.69. The fourth-order valence-corrected chi connectivity index (χ4v) is 3.61. The maximum atomic E-state index is 13.2. The zero-order valence-corrected chi connectivity index (χ0v) is 21.6. The zero-order valence-electron chi connectivity index (χ0n) is 21.6. The Morgan fingerprint density at radius 2 is 1.71 bits per heavy atom. The number of esters is 2. The number of likely N-dealkylation sites (N-methyl/N-ethyl adjacent to an activating group) is 2. The summed E-state index contributed by atoms with van der Waals surface area (Å²) in [5.74, 6) is -2.79. The average molecular weight is 477 g/mol. The molecule has 8 nitrogen and oxygen atoms in total. The lowest BCUT2D eigenvalue weighted by Gasteiger charge is -2.34. The van der Waals surface area contributed by atoms with Crippen molar-refractivity contribution in [2.45, 2.75) is 77.2 Å². The third kappa shape index (κ3) is 8.99. The van der Waals surface area contributed by atoms with Crippen LogP contribution in [-0.4, -0.2) is 67.2 Å². The molecule has 0 bridgehead atoms. The van der Waals surface area contributed by atoms with Crippen LogP contribution in [0.1, 0.15) is 58.9 Å². The van der Waals surface area contributed by atoms with Crippen molar-refractivity contribution in [3.63, 3.8) is 0 Å². The second kappa shape index (κ2) is 13.3. The minimum atomic E-state index is -1.17. The number of carbonyl (C=O) groups excluding carboxylic acids is 4. The fraction of sp³-hybridized carbons (Fsp3) is 0.615. The summed E-state index contributed by atoms with van der Waals surface area (Å²) in [6.45, 7) is 7.15. The second-order valence-electron chi connectivity index (χ2n) is 9.69. The van der Waals surface area contributed by atoms with Crippen LogP contribution in [0.15, 0.2) is 30.3 Å². The molecule has 0 aliphatic carbocycles. The third-order valence-electron chi connectivity index (χ3n) is 5.93. The third-order valence-corrected chi connectivity index (χ3v) is 5.93. The Morgan fingerprint density at radius 1 is 1.09 bits per heavy atom. The van der Waals surface area contributed by atoms with Gasteiger partial charge in [-0.15, -0.1) is 0 Å². The predicted octanol–water partition coefficient (Wildman–Crippen LogP) is 2.92. The predicted molar refractivity (Wildman–Crippen MR) is 130 cm³/mol. The number of ether oxygens (including phenoxy) is 2. The molecule has 3 atom stereocenters. The van der Waals surface area contributed by atoms with Crippen molar-refractivity contribution in [1.29, 1.82) is 0 Å². The van der Waals surface area contributed by atoms with Crippen molar-refractivity contribution < 1.29 is 28.7 Å². The van der Waals surface area contributed by atoms with Crippen LogP contribution in [0.5, 0.6) is 0 Å². The number of aldehydes is 1. The van der Waals surface area contributed by atoms with Crippen molar-refractivity contribution in [2.24, 2.45) is 5.92 Å². The molecule has 0 radical (unpaired) electrons. The highest BCUT2D eigenvalue weighted by Gasteiger charge is 2.37. The largest absolute Gasteiger partial charge is 0.460 e. The molecule has 0 aromatic heterocycles. The van der Waals surface area contributed by atoms with Crippen molar-refractivity contribution in [2.75, 3.05) is 21.1 Å². The molecule has 0 saturated heterocycles. The molecule has 3 unspecified atom stereocenters. The van der Waals surface area contributed by atoms with E-state index in [0.29, 0.717) is 6.42 Å². The Balaban J connectivity index is 3.06. The molecule has 1 aromatic carbocycles. The number of ketones is 1. The van der Waals surface area contributed by atoms with E-state index in [1.54, 1.807) is 46.8 Å². The van der Waals surface area contributed by atoms with Gasteiger partial charge < -0.3 is 19.6 Å². The lowest BCUT2D eigenvalue weighted by molar-refractivity contribution is -0.159. The molecule has 190 valence electrons. The van der Waals surface area contributed by atoms with Gasteiger partial charge in [0.15, 0.2) is 0 Å². The van der Waals surface area contributed by atoms with Gasteiger partial charge in [-0.25, -0.2) is 0 Å². The molecule has 0 saturated carbocycles. The number of benzene rings is 1. The molecular formula is C26H40N2O6. The number of hydrogen-bond acceptors (Lipinski definition) is 8. The summed E-state index contributed by atoms with van der Waals surface area (Å²) in [6.07, 6.45) is 1.54. The van der Waals surface area contributed by atoms with Crippen LogP contribution in [-0.2, 0) is 35.3 Å². The van der Waals surface area contributed by atoms with Crippen molar-refractivity contribution >= 4 is 24.0 Å². The summed E-state index contributed by atoms with van der Waals surface area (Å²) in [7, 11) is 5.15. The lowest BCUT2D eigenvalue weighted by Crippen LogP contribution is -2.46. The van der Waals surface area contributed by atoms with Crippen LogP contribution in [0.3, 0.4) is 0 Å². The number of nitrogens with one attached hydrogen (secondary N) is 1. The molecule has 1 N–H and O–H groups in total. The summed E-state index contributed by atoms with van der Waals surface area (Å²) in [5, 5.41) is 2.85. The van der Waals surface area contributed by atoms with Crippen molar-refractivity contribution in [1.82, 2.24) is 10.2 Å². The Kier molecular flexibility index (Phi) is 11.6. The normalized spacial score (nSPS) is 15.2. The summed E-state index contributed by atoms with van der Waals surface area (Å²) < 4.78 is 10.9. The van der Waals surface area contributed by atoms with E-state index in [1.165, 1.54) is 0 Å². The van der Waals surface area contributed by atoms with Gasteiger partial charge >= 0.3 is 11.9 Å². The van der Waals surface area contributed by atoms with Gasteiger partial charge in [0.25, 0.3) is 0 Å². The van der Waals surface area contributed by atoms with Gasteiger partial charge in [0.1, 0.15) is 36.2 Å². The SMILES string of the molecule is CCC(C=O)(CCC(=O)C(CC(NC)C(=O)OC(C)(C)C)C(=O)OCc1ccccc1)N(C)C. The number of rotatable bonds is 14. The maximum absolute atomic E-state index is 13.2. The van der Waals surface area contributed by atoms with Crippen LogP contribution >= 0.6 is 0 Å². The molecule has 8 heteroatoms. The molecule has 0 fully saturated rings. The summed E-state index contributed by atoms with van der Waals surface area (Å²) >= 11 is 0. The molecule has 1 aromatic rings. The van der Waals surface area contributed by atoms with Crippen LogP contribution in [0.25, 0.3) is 0 Å². The Bertz CT molecular complexity index is 818. The number of hydrogen-bond donors (Lipinski definition) is 1. The highest BCUT2D eigenvalue weighted by atomic mass is 16.6. The van der Waals surface area contributed by atoms with Gasteiger partial charge in [-0.1, -0.05) is 37.3 Å². The highest BCUT2D eigenvalue weighted by Crippen LogP contribution is 2.24. The Morgan fingerprint density at radius 3 is 2.18 bits per heavy atom. The molecule has 0 heterocycles. The molecule has 0 amide bonds. The highest BCUT2D eigenvalue weighted by molar-refractivity contribution is 5.99. The first-order valence-corrected chi connectivity index (χ1v) is 11.7. The first-order chi connectivity index (χ1) is 15.9. The van der Waals surface area contributed by atoms with E-state index in [9.17, 15) is 19.2 Å². The van der Waals surface area contributed by atoms with Crippen molar-refractivity contribution in [3.8, 4) is 0 Å². The van der Waals surface area contributed by atoms with E-state index in [2.05, 4.69) is 5.32 Å². The van der Waals surface area contributed by atoms with Crippen molar-refractivity contribution in [3.05, 3.63) is 35.9 Å². The Labute approximate surface area is 203 Å². The van der Waals surface area contributed by atoms with Crippen LogP contribution < -0.4 is 5.32 Å². The topological polar surface area (TPSA) is 102 Å². The Hall–Kier alpha value is -2.58. The van der Waals surface area contributed by atoms with Gasteiger partial charge in [-0.05, 0) is 66.7 Å². The molecule has 0 spiro atoms. The molecular weight excluding hydrogens is 436 g/mol. The summed E-state index contributed by atoms with van der Waals surface area (Å²) in [5.41, 5.74) is -0.726. The van der Waals surface area contributed by atoms with Gasteiger partial charge in [0, 0.05) is 6.42 Å². The molecule has 0 aliphatic rings. The first-order valence-electron chi connectivity index (χ1n) is 11.7. The van der Waals surface area contributed by atoms with E-state index < -0.39 is 35.0 Å². The van der Waals surface area contributed by atoms with Gasteiger partial charge in [0.2, 0.25) is 0 Å². The van der Waals surface area contributed by atoms with Gasteiger partial charge in [-0.2, -0.15) is 0 Å². The van der Waals surface area contributed by atoms with E-state index in [-0.39, 0.29) is 31.7 Å². The summed E-state index contributed by atoms with van der Waals surface area (Å²) in [6, 6.07) is 8.28. The standard InChI is InChI=1S/C26H40N2O6/c1-8-26(18-29,28(6)7)15-14-22(30)20(16-21(27-5)24(32)34-25(2,3)4)23(31)33-17-19-12-10-9-11-13-19/h9-13,18,20-21,27H,8,14-17H2,1-7H3. The number of Topliss-reactive ketones (excluding diaryl/α,β-unsaturated/α-hetero) is 1. The van der Waals surface area contributed by atoms with E-state index >= 15 is 0 Å². The average Bonchev–Trinajstić information content (AvgIpc) is 2.78. The summed E-state index contributed by atoms with van der Waals surface area (Å²) in [4.78, 5) is 52.5. The quantitative estimate of drug-likeness (QED) is 0.248. The van der Waals surface area contributed by atoms with Crippen LogP contribution in [0, 0.1) is 5.92 Å². The number of nitrogens with zero attached hydrogens (tertiary/aromatic N) is 1. The fourth-order valence-electron chi connectivity index (χ4n) is 3.61. The zero-order chi connectivity index (χ0) is 25.9. The first kappa shape index (κ1) is 29.5. The van der Waals surface area contributed by atoms with Crippen LogP contribution in [0.4, 0.5) is 0 Å². The molecule has 34 heavy (non-hydrogen) atoms. The van der Waals surface area contributed by atoms with Gasteiger partial charge in [0.05, 0.1) is 5.54 Å². The van der Waals surface area contributed by atoms with E-state index in [0.717, 1.165) is 11.8 Å². The lowest BCUT2D eigenvalue weighted by atomic mass is 9.85. The van der Waals surface area contributed by atoms with E-state index in [1.807, 2.05) is 37.3 Å². The molecule has 0 aliphatic heterocycles. The monoisotopic (exact) mass is 476 g/mol. The number of carbonyl (C=O) groups is 4. The minimum absolute atomic E-state index is 0.000611. The van der Waals surface area contributed by atoms with E-state index in [4.69, 9.17) is 9.47 Å². The smallest absolute Gasteiger partial charge is 0.323 e. The molecule has 1 rings (SSSR count). The maximum Gasteiger partial charge on any atom is 0.323 e. The van der Waals surface area contributed by atoms with Gasteiger partial charge in [-0.3, -0.25) is 19.3 Å². The minimum Gasteiger partial charge on any atom is -0.460 e.